The molecule has 0 aliphatic carbocycles. The number of hydrogen-bond donors (Lipinski definition) is 3. The molecule has 1 unspecified atom stereocenters. The van der Waals surface area contributed by atoms with E-state index in [1.807, 2.05) is 6.92 Å². The number of hydrogen-bond acceptors (Lipinski definition) is 5. The molecule has 2 rings (SSSR count). The lowest BCUT2D eigenvalue weighted by molar-refractivity contribution is -0.127. The number of benzene rings is 1. The van der Waals surface area contributed by atoms with Crippen molar-refractivity contribution in [2.75, 3.05) is 11.4 Å². The van der Waals surface area contributed by atoms with Crippen LogP contribution in [-0.2, 0) is 20.7 Å². The van der Waals surface area contributed by atoms with Crippen LogP contribution in [0.25, 0.3) is 0 Å². The Morgan fingerprint density at radius 2 is 1.97 bits per heavy atom. The van der Waals surface area contributed by atoms with Crippen molar-refractivity contribution in [3.63, 3.8) is 0 Å². The van der Waals surface area contributed by atoms with Gasteiger partial charge in [-0.1, -0.05) is 20.3 Å². The van der Waals surface area contributed by atoms with Gasteiger partial charge < -0.3 is 20.5 Å². The van der Waals surface area contributed by atoms with E-state index in [4.69, 9.17) is 4.74 Å². The standard InChI is InChI=1S/C22H33N3O5/c1-6-8-11-23-19(27)18-13-14-12-15(26)9-10-17(14)25(18)20(28)16(7-2)24-21(29)30-22(3,4)5/h9-10,12,16,18,26H,6-8,11,13H2,1-5H3,(H,23,27)(H,24,29)/t16-,18?/m0/s1. The number of carbonyl (C=O) groups excluding carboxylic acids is 3. The monoisotopic (exact) mass is 419 g/mol. The van der Waals surface area contributed by atoms with Crippen LogP contribution in [0.4, 0.5) is 10.5 Å². The second kappa shape index (κ2) is 9.82. The van der Waals surface area contributed by atoms with Gasteiger partial charge in [0.25, 0.3) is 0 Å². The van der Waals surface area contributed by atoms with Crippen molar-refractivity contribution in [3.05, 3.63) is 23.8 Å². The summed E-state index contributed by atoms with van der Waals surface area (Å²) in [5.74, 6) is -0.560. The molecule has 0 bridgehead atoms. The number of fused-ring (bicyclic) bond motifs is 1. The number of phenolic OH excluding ortho intramolecular Hbond substituents is 1. The van der Waals surface area contributed by atoms with Crippen molar-refractivity contribution >= 4 is 23.6 Å². The second-order valence-electron chi connectivity index (χ2n) is 8.49. The molecule has 2 atom stereocenters. The molecule has 3 N–H and O–H groups in total. The summed E-state index contributed by atoms with van der Waals surface area (Å²) in [6.45, 7) is 9.58. The lowest BCUT2D eigenvalue weighted by Crippen LogP contribution is -2.55. The molecule has 1 aromatic rings. The molecule has 0 saturated carbocycles. The lowest BCUT2D eigenvalue weighted by Gasteiger charge is -2.29. The van der Waals surface area contributed by atoms with E-state index in [1.165, 1.54) is 11.0 Å². The summed E-state index contributed by atoms with van der Waals surface area (Å²) < 4.78 is 5.27. The predicted molar refractivity (Wildman–Crippen MR) is 114 cm³/mol. The average molecular weight is 420 g/mol. The van der Waals surface area contributed by atoms with Crippen LogP contribution in [0.15, 0.2) is 18.2 Å². The highest BCUT2D eigenvalue weighted by molar-refractivity contribution is 6.06. The van der Waals surface area contributed by atoms with Crippen LogP contribution in [-0.4, -0.2) is 47.2 Å². The van der Waals surface area contributed by atoms with E-state index in [2.05, 4.69) is 10.6 Å². The van der Waals surface area contributed by atoms with Crippen LogP contribution in [0.5, 0.6) is 5.75 Å². The number of amides is 3. The van der Waals surface area contributed by atoms with E-state index in [-0.39, 0.29) is 17.6 Å². The number of nitrogens with one attached hydrogen (secondary N) is 2. The minimum absolute atomic E-state index is 0.0760. The largest absolute Gasteiger partial charge is 0.508 e. The van der Waals surface area contributed by atoms with Crippen LogP contribution in [0.3, 0.4) is 0 Å². The number of rotatable bonds is 7. The van der Waals surface area contributed by atoms with Crippen LogP contribution in [0, 0.1) is 0 Å². The van der Waals surface area contributed by atoms with Gasteiger partial charge in [-0.3, -0.25) is 14.5 Å². The van der Waals surface area contributed by atoms with Crippen LogP contribution in [0.2, 0.25) is 0 Å². The maximum Gasteiger partial charge on any atom is 0.408 e. The minimum atomic E-state index is -0.842. The summed E-state index contributed by atoms with van der Waals surface area (Å²) in [4.78, 5) is 39.9. The normalized spacial score (nSPS) is 16.6. The summed E-state index contributed by atoms with van der Waals surface area (Å²) in [6, 6.07) is 3.10. The van der Waals surface area contributed by atoms with Crippen LogP contribution >= 0.6 is 0 Å². The van der Waals surface area contributed by atoms with E-state index >= 15 is 0 Å². The lowest BCUT2D eigenvalue weighted by atomic mass is 10.1. The van der Waals surface area contributed by atoms with E-state index < -0.39 is 23.8 Å². The first-order chi connectivity index (χ1) is 14.1. The van der Waals surface area contributed by atoms with Crippen LogP contribution in [0.1, 0.15) is 59.4 Å². The molecule has 1 aliphatic heterocycles. The van der Waals surface area contributed by atoms with E-state index in [9.17, 15) is 19.5 Å². The fourth-order valence-corrected chi connectivity index (χ4v) is 3.38. The smallest absolute Gasteiger partial charge is 0.408 e. The molecular weight excluding hydrogens is 386 g/mol. The summed E-state index contributed by atoms with van der Waals surface area (Å²) in [5, 5.41) is 15.3. The van der Waals surface area contributed by atoms with Crippen molar-refractivity contribution in [2.24, 2.45) is 0 Å². The van der Waals surface area contributed by atoms with Crippen molar-refractivity contribution < 1.29 is 24.2 Å². The topological polar surface area (TPSA) is 108 Å². The molecule has 166 valence electrons. The molecule has 30 heavy (non-hydrogen) atoms. The molecule has 3 amide bonds. The Kier molecular flexibility index (Phi) is 7.70. The predicted octanol–water partition coefficient (Wildman–Crippen LogP) is 2.87. The van der Waals surface area contributed by atoms with Crippen molar-refractivity contribution in [1.29, 1.82) is 0 Å². The maximum atomic E-state index is 13.4. The third-order valence-corrected chi connectivity index (χ3v) is 4.81. The van der Waals surface area contributed by atoms with Gasteiger partial charge in [0.05, 0.1) is 0 Å². The zero-order valence-electron chi connectivity index (χ0n) is 18.4. The number of alkyl carbamates (subject to hydrolysis) is 1. The van der Waals surface area contributed by atoms with Gasteiger partial charge in [-0.2, -0.15) is 0 Å². The average Bonchev–Trinajstić information content (AvgIpc) is 3.02. The number of anilines is 1. The summed E-state index contributed by atoms with van der Waals surface area (Å²) in [6.07, 6.45) is 1.75. The molecule has 8 heteroatoms. The molecule has 1 aliphatic rings. The fraction of sp³-hybridized carbons (Fsp3) is 0.591. The van der Waals surface area contributed by atoms with Crippen molar-refractivity contribution in [3.8, 4) is 5.75 Å². The highest BCUT2D eigenvalue weighted by Gasteiger charge is 2.41. The number of nitrogens with zero attached hydrogens (tertiary/aromatic N) is 1. The highest BCUT2D eigenvalue weighted by Crippen LogP contribution is 2.35. The SMILES string of the molecule is CCCCNC(=O)C1Cc2cc(O)ccc2N1C(=O)[C@H](CC)NC(=O)OC(C)(C)C. The number of unbranched alkanes of at least 4 members (excludes halogenated alkanes) is 1. The quantitative estimate of drug-likeness (QED) is 0.589. The maximum absolute atomic E-state index is 13.4. The van der Waals surface area contributed by atoms with E-state index in [0.29, 0.717) is 30.6 Å². The molecule has 0 fully saturated rings. The Bertz CT molecular complexity index is 787. The molecule has 1 heterocycles. The third kappa shape index (κ3) is 5.87. The van der Waals surface area contributed by atoms with Gasteiger partial charge in [-0.15, -0.1) is 0 Å². The minimum Gasteiger partial charge on any atom is -0.508 e. The number of aromatic hydroxyl groups is 1. The number of carbonyl (C=O) groups is 3. The molecule has 0 spiro atoms. The second-order valence-corrected chi connectivity index (χ2v) is 8.49. The zero-order chi connectivity index (χ0) is 22.5. The summed E-state index contributed by atoms with van der Waals surface area (Å²) >= 11 is 0. The Balaban J connectivity index is 2.26. The van der Waals surface area contributed by atoms with Gasteiger partial charge >= 0.3 is 6.09 Å². The molecule has 0 aromatic heterocycles. The molecule has 0 radical (unpaired) electrons. The molecule has 0 saturated heterocycles. The summed E-state index contributed by atoms with van der Waals surface area (Å²) in [5.41, 5.74) is 0.592. The Labute approximate surface area is 178 Å². The fourth-order valence-electron chi connectivity index (χ4n) is 3.38. The zero-order valence-corrected chi connectivity index (χ0v) is 18.4. The van der Waals surface area contributed by atoms with Gasteiger partial charge in [0.15, 0.2) is 0 Å². The van der Waals surface area contributed by atoms with Gasteiger partial charge in [0.2, 0.25) is 11.8 Å². The first kappa shape index (κ1) is 23.5. The van der Waals surface area contributed by atoms with Gasteiger partial charge in [0, 0.05) is 18.7 Å². The van der Waals surface area contributed by atoms with Crippen molar-refractivity contribution in [2.45, 2.75) is 78.0 Å². The molecule has 8 nitrogen and oxygen atoms in total. The van der Waals surface area contributed by atoms with Gasteiger partial charge in [0.1, 0.15) is 23.4 Å². The van der Waals surface area contributed by atoms with E-state index in [1.54, 1.807) is 39.8 Å². The summed E-state index contributed by atoms with van der Waals surface area (Å²) in [7, 11) is 0. The van der Waals surface area contributed by atoms with E-state index in [0.717, 1.165) is 12.8 Å². The Morgan fingerprint density at radius 3 is 2.57 bits per heavy atom. The van der Waals surface area contributed by atoms with Gasteiger partial charge in [-0.25, -0.2) is 4.79 Å². The first-order valence-corrected chi connectivity index (χ1v) is 10.5. The van der Waals surface area contributed by atoms with Gasteiger partial charge in [-0.05, 0) is 57.4 Å². The number of phenols is 1. The Hall–Kier alpha value is -2.77. The molecular formula is C22H33N3O5. The molecule has 1 aromatic carbocycles. The van der Waals surface area contributed by atoms with Crippen LogP contribution < -0.4 is 15.5 Å². The highest BCUT2D eigenvalue weighted by atomic mass is 16.6. The number of ether oxygens (including phenoxy) is 1. The third-order valence-electron chi connectivity index (χ3n) is 4.81. The Morgan fingerprint density at radius 1 is 1.27 bits per heavy atom. The van der Waals surface area contributed by atoms with Crippen molar-refractivity contribution in [1.82, 2.24) is 10.6 Å². The first-order valence-electron chi connectivity index (χ1n) is 10.5.